The standard InChI is InChI=1S/C26H24N4O3S2/c1-17-5-3-4-6-21(17)25-22-15-19(9-13-23(22)34-26(25)35(2,31)32)16-33-20-11-7-18(8-12-20)10-14-24-27-29-30-28-24/h3-9,11-13,15H,10,14,16H2,1-2H3,(H,27,28,29,30). The van der Waals surface area contributed by atoms with Crippen LogP contribution in [0.15, 0.2) is 70.9 Å². The molecule has 0 spiro atoms. The SMILES string of the molecule is Cc1ccccc1-c1c(S(C)(=O)=O)sc2ccc(COc3ccc(CCc4nn[nH]n4)cc3)cc12. The molecule has 0 fully saturated rings. The van der Waals surface area contributed by atoms with E-state index in [-0.39, 0.29) is 0 Å². The number of thiophene rings is 1. The first-order valence-corrected chi connectivity index (χ1v) is 13.8. The molecular weight excluding hydrogens is 480 g/mol. The molecule has 2 aromatic heterocycles. The van der Waals surface area contributed by atoms with Crippen molar-refractivity contribution in [2.75, 3.05) is 6.26 Å². The molecule has 5 aromatic rings. The van der Waals surface area contributed by atoms with E-state index in [1.807, 2.05) is 73.7 Å². The number of nitrogens with one attached hydrogen (secondary N) is 1. The van der Waals surface area contributed by atoms with Crippen molar-refractivity contribution in [1.82, 2.24) is 20.6 Å². The maximum absolute atomic E-state index is 12.6. The van der Waals surface area contributed by atoms with Gasteiger partial charge < -0.3 is 4.74 Å². The molecular formula is C26H24N4O3S2. The minimum atomic E-state index is -3.38. The number of aryl methyl sites for hydroxylation is 3. The normalized spacial score (nSPS) is 11.7. The summed E-state index contributed by atoms with van der Waals surface area (Å²) in [6, 6.07) is 21.9. The lowest BCUT2D eigenvalue weighted by molar-refractivity contribution is 0.306. The van der Waals surface area contributed by atoms with Gasteiger partial charge in [-0.2, -0.15) is 5.21 Å². The van der Waals surface area contributed by atoms with Crippen LogP contribution in [0, 0.1) is 6.92 Å². The first-order chi connectivity index (χ1) is 16.9. The van der Waals surface area contributed by atoms with Gasteiger partial charge in [-0.3, -0.25) is 0 Å². The van der Waals surface area contributed by atoms with E-state index in [0.29, 0.717) is 16.6 Å². The van der Waals surface area contributed by atoms with Crippen LogP contribution in [-0.4, -0.2) is 35.3 Å². The van der Waals surface area contributed by atoms with Gasteiger partial charge in [-0.15, -0.1) is 21.5 Å². The third-order valence-corrected chi connectivity index (χ3v) is 8.83. The topological polar surface area (TPSA) is 97.8 Å². The monoisotopic (exact) mass is 504 g/mol. The number of rotatable bonds is 8. The zero-order chi connectivity index (χ0) is 24.4. The number of sulfone groups is 1. The molecule has 0 radical (unpaired) electrons. The van der Waals surface area contributed by atoms with E-state index in [1.54, 1.807) is 0 Å². The summed E-state index contributed by atoms with van der Waals surface area (Å²) in [5, 5.41) is 14.9. The Morgan fingerprint density at radius 2 is 1.74 bits per heavy atom. The van der Waals surface area contributed by atoms with Crippen LogP contribution in [-0.2, 0) is 29.3 Å². The summed E-state index contributed by atoms with van der Waals surface area (Å²) >= 11 is 1.32. The Balaban J connectivity index is 1.38. The largest absolute Gasteiger partial charge is 0.489 e. The highest BCUT2D eigenvalue weighted by Gasteiger charge is 2.22. The van der Waals surface area contributed by atoms with Gasteiger partial charge in [0.2, 0.25) is 0 Å². The fourth-order valence-corrected chi connectivity index (χ4v) is 6.44. The molecule has 0 bridgehead atoms. The van der Waals surface area contributed by atoms with Crippen molar-refractivity contribution in [2.45, 2.75) is 30.6 Å². The quantitative estimate of drug-likeness (QED) is 0.314. The number of tetrazole rings is 1. The molecule has 0 aliphatic carbocycles. The lowest BCUT2D eigenvalue weighted by Crippen LogP contribution is -1.98. The van der Waals surface area contributed by atoms with Gasteiger partial charge in [-0.05, 0) is 59.9 Å². The first-order valence-electron chi connectivity index (χ1n) is 11.1. The molecule has 0 saturated heterocycles. The van der Waals surface area contributed by atoms with E-state index in [4.69, 9.17) is 4.74 Å². The van der Waals surface area contributed by atoms with Gasteiger partial charge in [-0.1, -0.05) is 47.7 Å². The molecule has 0 unspecified atom stereocenters. The van der Waals surface area contributed by atoms with E-state index in [2.05, 4.69) is 20.6 Å². The van der Waals surface area contributed by atoms with Crippen LogP contribution in [0.1, 0.15) is 22.5 Å². The molecule has 7 nitrogen and oxygen atoms in total. The van der Waals surface area contributed by atoms with Crippen LogP contribution in [0.4, 0.5) is 0 Å². The molecule has 0 aliphatic rings. The van der Waals surface area contributed by atoms with Gasteiger partial charge in [0, 0.05) is 28.3 Å². The van der Waals surface area contributed by atoms with Crippen LogP contribution < -0.4 is 4.74 Å². The van der Waals surface area contributed by atoms with E-state index in [0.717, 1.165) is 56.5 Å². The third kappa shape index (κ3) is 5.11. The van der Waals surface area contributed by atoms with Crippen molar-refractivity contribution >= 4 is 31.3 Å². The average molecular weight is 505 g/mol. The van der Waals surface area contributed by atoms with Crippen LogP contribution in [0.2, 0.25) is 0 Å². The average Bonchev–Trinajstić information content (AvgIpc) is 3.50. The number of benzene rings is 3. The number of hydrogen-bond donors (Lipinski definition) is 1. The van der Waals surface area contributed by atoms with Crippen molar-refractivity contribution < 1.29 is 13.2 Å². The highest BCUT2D eigenvalue weighted by molar-refractivity contribution is 7.93. The molecule has 3 aromatic carbocycles. The van der Waals surface area contributed by atoms with Crippen LogP contribution in [0.25, 0.3) is 21.2 Å². The summed E-state index contributed by atoms with van der Waals surface area (Å²) in [5.41, 5.74) is 4.90. The summed E-state index contributed by atoms with van der Waals surface area (Å²) < 4.78 is 32.6. The summed E-state index contributed by atoms with van der Waals surface area (Å²) in [7, 11) is -3.38. The van der Waals surface area contributed by atoms with Crippen LogP contribution in [0.5, 0.6) is 5.75 Å². The van der Waals surface area contributed by atoms with Gasteiger partial charge in [-0.25, -0.2) is 8.42 Å². The van der Waals surface area contributed by atoms with E-state index >= 15 is 0 Å². The highest BCUT2D eigenvalue weighted by atomic mass is 32.2. The van der Waals surface area contributed by atoms with Crippen LogP contribution >= 0.6 is 11.3 Å². The summed E-state index contributed by atoms with van der Waals surface area (Å²) in [5.74, 6) is 1.47. The van der Waals surface area contributed by atoms with Crippen molar-refractivity contribution in [3.8, 4) is 16.9 Å². The number of H-pyrrole nitrogens is 1. The Morgan fingerprint density at radius 3 is 2.46 bits per heavy atom. The fourth-order valence-electron chi connectivity index (χ4n) is 4.05. The second kappa shape index (κ2) is 9.59. The molecule has 35 heavy (non-hydrogen) atoms. The molecule has 178 valence electrons. The van der Waals surface area contributed by atoms with E-state index in [9.17, 15) is 8.42 Å². The summed E-state index contributed by atoms with van der Waals surface area (Å²) in [4.78, 5) is 0. The zero-order valence-corrected chi connectivity index (χ0v) is 21.0. The smallest absolute Gasteiger partial charge is 0.185 e. The Labute approximate surface area is 207 Å². The predicted octanol–water partition coefficient (Wildman–Crippen LogP) is 5.16. The Morgan fingerprint density at radius 1 is 0.971 bits per heavy atom. The molecule has 5 rings (SSSR count). The Hall–Kier alpha value is -3.56. The van der Waals surface area contributed by atoms with E-state index in [1.165, 1.54) is 17.6 Å². The fraction of sp³-hybridized carbons (Fsp3) is 0.192. The molecule has 1 N–H and O–H groups in total. The molecule has 9 heteroatoms. The lowest BCUT2D eigenvalue weighted by Gasteiger charge is -2.10. The van der Waals surface area contributed by atoms with Gasteiger partial charge >= 0.3 is 0 Å². The predicted molar refractivity (Wildman–Crippen MR) is 137 cm³/mol. The number of ether oxygens (including phenoxy) is 1. The van der Waals surface area contributed by atoms with Crippen molar-refractivity contribution in [3.05, 3.63) is 89.2 Å². The zero-order valence-electron chi connectivity index (χ0n) is 19.4. The lowest BCUT2D eigenvalue weighted by atomic mass is 9.99. The van der Waals surface area contributed by atoms with Crippen LogP contribution in [0.3, 0.4) is 0 Å². The minimum absolute atomic E-state index is 0.384. The second-order valence-electron chi connectivity index (χ2n) is 8.44. The third-order valence-electron chi connectivity index (χ3n) is 5.83. The number of aromatic amines is 1. The minimum Gasteiger partial charge on any atom is -0.489 e. The number of hydrogen-bond acceptors (Lipinski definition) is 7. The highest BCUT2D eigenvalue weighted by Crippen LogP contribution is 2.43. The summed E-state index contributed by atoms with van der Waals surface area (Å²) in [6.45, 7) is 2.39. The Kier molecular flexibility index (Phi) is 6.36. The van der Waals surface area contributed by atoms with Gasteiger partial charge in [0.15, 0.2) is 15.7 Å². The van der Waals surface area contributed by atoms with Gasteiger partial charge in [0.05, 0.1) is 0 Å². The molecule has 0 saturated carbocycles. The number of fused-ring (bicyclic) bond motifs is 1. The van der Waals surface area contributed by atoms with E-state index < -0.39 is 9.84 Å². The van der Waals surface area contributed by atoms with Crippen molar-refractivity contribution in [1.29, 1.82) is 0 Å². The Bertz CT molecular complexity index is 1580. The number of aromatic nitrogens is 4. The van der Waals surface area contributed by atoms with Gasteiger partial charge in [0.1, 0.15) is 16.6 Å². The second-order valence-corrected chi connectivity index (χ2v) is 11.7. The molecule has 0 atom stereocenters. The maximum atomic E-state index is 12.6. The molecule has 0 aliphatic heterocycles. The molecule has 0 amide bonds. The number of nitrogens with zero attached hydrogens (tertiary/aromatic N) is 3. The van der Waals surface area contributed by atoms with Crippen molar-refractivity contribution in [3.63, 3.8) is 0 Å². The van der Waals surface area contributed by atoms with Gasteiger partial charge in [0.25, 0.3) is 0 Å². The summed E-state index contributed by atoms with van der Waals surface area (Å²) in [6.07, 6.45) is 2.81. The maximum Gasteiger partial charge on any atom is 0.185 e. The molecule has 2 heterocycles. The first kappa shape index (κ1) is 23.2. The van der Waals surface area contributed by atoms with Crippen molar-refractivity contribution in [2.24, 2.45) is 0 Å².